The Morgan fingerprint density at radius 3 is 1.82 bits per heavy atom. The minimum absolute atomic E-state index is 0.198. The summed E-state index contributed by atoms with van der Waals surface area (Å²) >= 11 is -3.03. The average Bonchev–Trinajstić information content (AvgIpc) is 2.48. The maximum atomic E-state index is 12.3. The van der Waals surface area contributed by atoms with Crippen LogP contribution in [0.25, 0.3) is 0 Å². The molecule has 2 rings (SSSR count). The Bertz CT molecular complexity index is 643. The zero-order chi connectivity index (χ0) is 16.2. The van der Waals surface area contributed by atoms with Crippen molar-refractivity contribution in [2.75, 3.05) is 0 Å². The van der Waals surface area contributed by atoms with Gasteiger partial charge in [-0.25, -0.2) is 0 Å². The van der Waals surface area contributed by atoms with Crippen LogP contribution in [0.5, 0.6) is 11.5 Å². The molecule has 0 aliphatic carbocycles. The van der Waals surface area contributed by atoms with E-state index in [0.717, 1.165) is 11.1 Å². The Hall–Kier alpha value is -1.60. The summed E-state index contributed by atoms with van der Waals surface area (Å²) < 4.78 is 43.9. The monoisotopic (exact) mass is 344 g/mol. The van der Waals surface area contributed by atoms with Gasteiger partial charge in [-0.2, -0.15) is 4.21 Å². The van der Waals surface area contributed by atoms with Gasteiger partial charge in [0.1, 0.15) is 11.5 Å². The quantitative estimate of drug-likeness (QED) is 0.554. The first-order valence-corrected chi connectivity index (χ1v) is 7.98. The normalized spacial score (nSPS) is 12.7. The van der Waals surface area contributed by atoms with Crippen molar-refractivity contribution < 1.29 is 20.3 Å². The van der Waals surface area contributed by atoms with E-state index in [1.54, 1.807) is 36.4 Å². The fraction of sp³-hybridized carbons (Fsp3) is 0.200. The van der Waals surface area contributed by atoms with Crippen LogP contribution in [0.1, 0.15) is 25.0 Å². The maximum absolute atomic E-state index is 12.3. The van der Waals surface area contributed by atoms with Crippen molar-refractivity contribution in [1.29, 1.82) is 0 Å². The van der Waals surface area contributed by atoms with Crippen molar-refractivity contribution >= 4 is 23.9 Å². The van der Waals surface area contributed by atoms with Gasteiger partial charge in [-0.05, 0) is 35.4 Å². The standard InChI is InChI=1S/C15H14F2O3S2/c1-15(2,11-3-7-13(8-4-11)19-21-16)12-5-9-14(10-6-12)20-22(17)18/h3-10H,1-2H3. The Kier molecular flexibility index (Phi) is 5.42. The molecule has 22 heavy (non-hydrogen) atoms. The molecule has 0 N–H and O–H groups in total. The van der Waals surface area contributed by atoms with Crippen LogP contribution >= 0.6 is 12.4 Å². The predicted molar refractivity (Wildman–Crippen MR) is 84.2 cm³/mol. The van der Waals surface area contributed by atoms with E-state index in [9.17, 15) is 12.0 Å². The molecule has 0 heterocycles. The van der Waals surface area contributed by atoms with Crippen molar-refractivity contribution in [3.63, 3.8) is 0 Å². The Morgan fingerprint density at radius 1 is 0.955 bits per heavy atom. The van der Waals surface area contributed by atoms with Crippen LogP contribution in [0.3, 0.4) is 0 Å². The van der Waals surface area contributed by atoms with Crippen LogP contribution in [0, 0.1) is 0 Å². The summed E-state index contributed by atoms with van der Waals surface area (Å²) in [4.78, 5) is 0. The molecule has 0 saturated heterocycles. The fourth-order valence-corrected chi connectivity index (χ4v) is 2.58. The van der Waals surface area contributed by atoms with E-state index in [-0.39, 0.29) is 23.6 Å². The van der Waals surface area contributed by atoms with Gasteiger partial charge in [-0.15, -0.1) is 3.89 Å². The Labute approximate surface area is 135 Å². The summed E-state index contributed by atoms with van der Waals surface area (Å²) in [6, 6.07) is 13.8. The molecule has 118 valence electrons. The molecule has 0 aliphatic rings. The summed E-state index contributed by atoms with van der Waals surface area (Å²) in [7, 11) is 0. The SMILES string of the molecule is CC(C)(c1ccc(OSF)cc1)c1ccc(OS(=O)F)cc1. The molecule has 0 aliphatic heterocycles. The molecule has 0 fully saturated rings. The van der Waals surface area contributed by atoms with E-state index in [4.69, 9.17) is 4.18 Å². The van der Waals surface area contributed by atoms with E-state index in [1.165, 1.54) is 0 Å². The van der Waals surface area contributed by atoms with Crippen molar-refractivity contribution in [2.24, 2.45) is 0 Å². The topological polar surface area (TPSA) is 35.5 Å². The van der Waals surface area contributed by atoms with E-state index >= 15 is 0 Å². The summed E-state index contributed by atoms with van der Waals surface area (Å²) in [5.41, 5.74) is 1.65. The second kappa shape index (κ2) is 7.11. The molecule has 0 saturated carbocycles. The molecule has 2 aromatic carbocycles. The van der Waals surface area contributed by atoms with Crippen molar-refractivity contribution in [2.45, 2.75) is 19.3 Å². The molecule has 7 heteroatoms. The van der Waals surface area contributed by atoms with E-state index < -0.39 is 11.5 Å². The molecule has 0 bridgehead atoms. The van der Waals surface area contributed by atoms with Crippen LogP contribution in [0.2, 0.25) is 0 Å². The lowest BCUT2D eigenvalue weighted by molar-refractivity contribution is 0.518. The van der Waals surface area contributed by atoms with Gasteiger partial charge < -0.3 is 8.37 Å². The van der Waals surface area contributed by atoms with Gasteiger partial charge in [0.2, 0.25) is 0 Å². The lowest BCUT2D eigenvalue weighted by atomic mass is 9.78. The third-order valence-corrected chi connectivity index (χ3v) is 4.02. The second-order valence-electron chi connectivity index (χ2n) is 5.10. The van der Waals surface area contributed by atoms with E-state index in [2.05, 4.69) is 4.18 Å². The van der Waals surface area contributed by atoms with Crippen molar-refractivity contribution in [1.82, 2.24) is 0 Å². The maximum Gasteiger partial charge on any atom is 0.401 e. The Balaban J connectivity index is 2.23. The first-order chi connectivity index (χ1) is 10.4. The number of benzene rings is 2. The van der Waals surface area contributed by atoms with Crippen LogP contribution in [0.15, 0.2) is 48.5 Å². The van der Waals surface area contributed by atoms with Crippen LogP contribution in [0.4, 0.5) is 7.77 Å². The largest absolute Gasteiger partial charge is 0.401 e. The first-order valence-electron chi connectivity index (χ1n) is 6.36. The minimum Gasteiger partial charge on any atom is -0.397 e. The number of hydrogen-bond acceptors (Lipinski definition) is 4. The van der Waals surface area contributed by atoms with Crippen molar-refractivity contribution in [3.8, 4) is 11.5 Å². The molecule has 0 spiro atoms. The molecule has 0 radical (unpaired) electrons. The lowest BCUT2D eigenvalue weighted by Crippen LogP contribution is -2.18. The lowest BCUT2D eigenvalue weighted by Gasteiger charge is -2.26. The fourth-order valence-electron chi connectivity index (χ4n) is 2.13. The van der Waals surface area contributed by atoms with Crippen LogP contribution in [-0.2, 0) is 16.9 Å². The van der Waals surface area contributed by atoms with Crippen molar-refractivity contribution in [3.05, 3.63) is 59.7 Å². The summed E-state index contributed by atoms with van der Waals surface area (Å²) in [6.07, 6.45) is 0. The molecular formula is C15H14F2O3S2. The van der Waals surface area contributed by atoms with Gasteiger partial charge in [0, 0.05) is 5.41 Å². The third-order valence-electron chi connectivity index (χ3n) is 3.44. The zero-order valence-corrected chi connectivity index (χ0v) is 13.5. The smallest absolute Gasteiger partial charge is 0.397 e. The van der Waals surface area contributed by atoms with Gasteiger partial charge in [-0.3, -0.25) is 0 Å². The molecule has 3 nitrogen and oxygen atoms in total. The molecule has 0 aromatic heterocycles. The third kappa shape index (κ3) is 3.98. The highest BCUT2D eigenvalue weighted by Crippen LogP contribution is 2.33. The van der Waals surface area contributed by atoms with E-state index in [1.807, 2.05) is 26.0 Å². The van der Waals surface area contributed by atoms with Crippen LogP contribution in [-0.4, -0.2) is 4.21 Å². The van der Waals surface area contributed by atoms with Crippen LogP contribution < -0.4 is 8.37 Å². The number of rotatable bonds is 6. The summed E-state index contributed by atoms with van der Waals surface area (Å²) in [5.74, 6) is 0.630. The minimum atomic E-state index is -2.83. The predicted octanol–water partition coefficient (Wildman–Crippen LogP) is 4.85. The molecule has 1 atom stereocenters. The highest BCUT2D eigenvalue weighted by atomic mass is 32.2. The van der Waals surface area contributed by atoms with Gasteiger partial charge in [0.15, 0.2) is 0 Å². The zero-order valence-electron chi connectivity index (χ0n) is 11.9. The molecule has 1 unspecified atom stereocenters. The highest BCUT2D eigenvalue weighted by molar-refractivity contribution is 7.89. The summed E-state index contributed by atoms with van der Waals surface area (Å²) in [6.45, 7) is 4.05. The molecule has 0 amide bonds. The molecule has 2 aromatic rings. The average molecular weight is 344 g/mol. The first kappa shape index (κ1) is 16.8. The summed E-state index contributed by atoms with van der Waals surface area (Å²) in [5, 5.41) is 0. The van der Waals surface area contributed by atoms with Gasteiger partial charge in [0.25, 0.3) is 12.4 Å². The van der Waals surface area contributed by atoms with Gasteiger partial charge in [0.05, 0.1) is 0 Å². The van der Waals surface area contributed by atoms with E-state index in [0.29, 0.717) is 5.75 Å². The Morgan fingerprint density at radius 2 is 1.41 bits per heavy atom. The van der Waals surface area contributed by atoms with Gasteiger partial charge in [-0.1, -0.05) is 42.0 Å². The number of halogens is 2. The van der Waals surface area contributed by atoms with Gasteiger partial charge >= 0.3 is 11.5 Å². The number of hydrogen-bond donors (Lipinski definition) is 0. The molecular weight excluding hydrogens is 330 g/mol. The second-order valence-corrected chi connectivity index (χ2v) is 5.94. The highest BCUT2D eigenvalue weighted by Gasteiger charge is 2.23.